The molecule has 2 aromatic rings. The van der Waals surface area contributed by atoms with Crippen LogP contribution in [0.1, 0.15) is 5.82 Å². The van der Waals surface area contributed by atoms with Crippen LogP contribution in [0.5, 0.6) is 0 Å². The van der Waals surface area contributed by atoms with Crippen molar-refractivity contribution in [3.63, 3.8) is 0 Å². The van der Waals surface area contributed by atoms with Crippen LogP contribution in [0.2, 0.25) is 0 Å². The lowest BCUT2D eigenvalue weighted by Gasteiger charge is -2.03. The van der Waals surface area contributed by atoms with Gasteiger partial charge in [0.1, 0.15) is 0 Å². The topological polar surface area (TPSA) is 82.5 Å². The van der Waals surface area contributed by atoms with Crippen LogP contribution in [0.4, 0.5) is 5.69 Å². The first-order chi connectivity index (χ1) is 6.29. The minimum absolute atomic E-state index is 0.554. The molecule has 6 nitrogen and oxygen atoms in total. The van der Waals surface area contributed by atoms with Crippen molar-refractivity contribution in [2.24, 2.45) is 0 Å². The van der Waals surface area contributed by atoms with E-state index in [1.54, 1.807) is 30.1 Å². The highest BCUT2D eigenvalue weighted by atomic mass is 15.5. The van der Waals surface area contributed by atoms with E-state index in [2.05, 4.69) is 20.5 Å². The fourth-order valence-corrected chi connectivity index (χ4v) is 1.05. The van der Waals surface area contributed by atoms with E-state index in [-0.39, 0.29) is 0 Å². The molecule has 0 unspecified atom stereocenters. The highest BCUT2D eigenvalue weighted by Crippen LogP contribution is 2.13. The van der Waals surface area contributed by atoms with Gasteiger partial charge in [-0.25, -0.2) is 0 Å². The first-order valence-corrected chi connectivity index (χ1v) is 3.74. The Balaban J connectivity index is 2.59. The van der Waals surface area contributed by atoms with Crippen molar-refractivity contribution in [2.45, 2.75) is 6.92 Å². The standard InChI is InChI=1S/C7H8N6/c1-5-10-11-12-13(5)7-2-3-9-4-6(7)8/h2-4H,8H2,1H3. The van der Waals surface area contributed by atoms with Crippen LogP contribution in [0, 0.1) is 6.92 Å². The average molecular weight is 176 g/mol. The molecule has 2 rings (SSSR count). The molecule has 0 bridgehead atoms. The Labute approximate surface area is 74.4 Å². The second-order valence-corrected chi connectivity index (χ2v) is 2.57. The molecule has 2 aromatic heterocycles. The number of nitrogen functional groups attached to an aromatic ring is 1. The van der Waals surface area contributed by atoms with Crippen molar-refractivity contribution >= 4 is 5.69 Å². The van der Waals surface area contributed by atoms with E-state index in [4.69, 9.17) is 5.73 Å². The largest absolute Gasteiger partial charge is 0.396 e. The molecule has 0 amide bonds. The quantitative estimate of drug-likeness (QED) is 0.658. The summed E-state index contributed by atoms with van der Waals surface area (Å²) in [6.45, 7) is 1.81. The van der Waals surface area contributed by atoms with Crippen LogP contribution in [-0.4, -0.2) is 25.2 Å². The van der Waals surface area contributed by atoms with E-state index in [0.29, 0.717) is 11.5 Å². The highest BCUT2D eigenvalue weighted by Gasteiger charge is 2.05. The van der Waals surface area contributed by atoms with Crippen molar-refractivity contribution in [3.8, 4) is 5.69 Å². The predicted octanol–water partition coefficient (Wildman–Crippen LogP) is -0.0521. The Bertz CT molecular complexity index is 420. The van der Waals surface area contributed by atoms with Crippen LogP contribution in [-0.2, 0) is 0 Å². The molecule has 13 heavy (non-hydrogen) atoms. The van der Waals surface area contributed by atoms with Crippen LogP contribution < -0.4 is 5.73 Å². The van der Waals surface area contributed by atoms with Gasteiger partial charge in [-0.3, -0.25) is 4.98 Å². The van der Waals surface area contributed by atoms with Gasteiger partial charge in [0.2, 0.25) is 0 Å². The number of hydrogen-bond donors (Lipinski definition) is 1. The summed E-state index contributed by atoms with van der Waals surface area (Å²) < 4.78 is 1.57. The fourth-order valence-electron chi connectivity index (χ4n) is 1.05. The van der Waals surface area contributed by atoms with Gasteiger partial charge in [0, 0.05) is 6.20 Å². The lowest BCUT2D eigenvalue weighted by molar-refractivity contribution is 0.780. The molecule has 2 N–H and O–H groups in total. The minimum atomic E-state index is 0.554. The van der Waals surface area contributed by atoms with Gasteiger partial charge in [-0.15, -0.1) is 5.10 Å². The van der Waals surface area contributed by atoms with Gasteiger partial charge in [0.15, 0.2) is 5.82 Å². The van der Waals surface area contributed by atoms with Gasteiger partial charge in [-0.05, 0) is 23.4 Å². The molecular formula is C7H8N6. The zero-order chi connectivity index (χ0) is 9.26. The molecule has 2 heterocycles. The van der Waals surface area contributed by atoms with E-state index in [1.165, 1.54) is 0 Å². The maximum absolute atomic E-state index is 5.70. The van der Waals surface area contributed by atoms with Crippen molar-refractivity contribution in [2.75, 3.05) is 5.73 Å². The van der Waals surface area contributed by atoms with E-state index in [1.807, 2.05) is 0 Å². The predicted molar refractivity (Wildman–Crippen MR) is 46.1 cm³/mol. The summed E-state index contributed by atoms with van der Waals surface area (Å²) in [4.78, 5) is 3.88. The Kier molecular flexibility index (Phi) is 1.66. The summed E-state index contributed by atoms with van der Waals surface area (Å²) >= 11 is 0. The Morgan fingerprint density at radius 1 is 1.46 bits per heavy atom. The first-order valence-electron chi connectivity index (χ1n) is 3.74. The zero-order valence-electron chi connectivity index (χ0n) is 7.05. The summed E-state index contributed by atoms with van der Waals surface area (Å²) in [5, 5.41) is 11.1. The summed E-state index contributed by atoms with van der Waals surface area (Å²) in [6.07, 6.45) is 3.21. The van der Waals surface area contributed by atoms with E-state index in [0.717, 1.165) is 5.69 Å². The number of tetrazole rings is 1. The molecular weight excluding hydrogens is 168 g/mol. The zero-order valence-corrected chi connectivity index (χ0v) is 7.05. The molecule has 0 radical (unpaired) electrons. The maximum Gasteiger partial charge on any atom is 0.153 e. The Hall–Kier alpha value is -1.98. The highest BCUT2D eigenvalue weighted by molar-refractivity contribution is 5.54. The number of aromatic nitrogens is 5. The normalized spacial score (nSPS) is 10.2. The van der Waals surface area contributed by atoms with E-state index < -0.39 is 0 Å². The van der Waals surface area contributed by atoms with Gasteiger partial charge in [-0.2, -0.15) is 4.68 Å². The fraction of sp³-hybridized carbons (Fsp3) is 0.143. The molecule has 66 valence electrons. The molecule has 0 spiro atoms. The van der Waals surface area contributed by atoms with E-state index in [9.17, 15) is 0 Å². The molecule has 0 aliphatic rings. The van der Waals surface area contributed by atoms with E-state index >= 15 is 0 Å². The number of pyridine rings is 1. The van der Waals surface area contributed by atoms with Crippen molar-refractivity contribution in [1.29, 1.82) is 0 Å². The monoisotopic (exact) mass is 176 g/mol. The smallest absolute Gasteiger partial charge is 0.153 e. The average Bonchev–Trinajstić information content (AvgIpc) is 2.52. The SMILES string of the molecule is Cc1nnnn1-c1ccncc1N. The number of nitrogens with zero attached hydrogens (tertiary/aromatic N) is 5. The third-order valence-corrected chi connectivity index (χ3v) is 1.68. The van der Waals surface area contributed by atoms with Crippen molar-refractivity contribution < 1.29 is 0 Å². The summed E-state index contributed by atoms with van der Waals surface area (Å²) in [5.41, 5.74) is 7.00. The lowest BCUT2D eigenvalue weighted by Crippen LogP contribution is -2.03. The maximum atomic E-state index is 5.70. The molecule has 0 atom stereocenters. The molecule has 6 heteroatoms. The molecule has 0 saturated carbocycles. The van der Waals surface area contributed by atoms with Crippen LogP contribution in [0.3, 0.4) is 0 Å². The van der Waals surface area contributed by atoms with Crippen molar-refractivity contribution in [1.82, 2.24) is 25.2 Å². The number of aryl methyl sites for hydroxylation is 1. The summed E-state index contributed by atoms with van der Waals surface area (Å²) in [6, 6.07) is 1.76. The van der Waals surface area contributed by atoms with Crippen LogP contribution in [0.25, 0.3) is 5.69 Å². The van der Waals surface area contributed by atoms with Crippen LogP contribution >= 0.6 is 0 Å². The number of nitrogens with two attached hydrogens (primary N) is 1. The second kappa shape index (κ2) is 2.81. The Morgan fingerprint density at radius 2 is 2.31 bits per heavy atom. The lowest BCUT2D eigenvalue weighted by atomic mass is 10.3. The summed E-state index contributed by atoms with van der Waals surface area (Å²) in [7, 11) is 0. The molecule has 0 aromatic carbocycles. The molecule has 0 aliphatic heterocycles. The Morgan fingerprint density at radius 3 is 2.92 bits per heavy atom. The molecule has 0 fully saturated rings. The summed E-state index contributed by atoms with van der Waals surface area (Å²) in [5.74, 6) is 0.693. The number of hydrogen-bond acceptors (Lipinski definition) is 5. The van der Waals surface area contributed by atoms with Crippen molar-refractivity contribution in [3.05, 3.63) is 24.3 Å². The third-order valence-electron chi connectivity index (χ3n) is 1.68. The molecule has 0 aliphatic carbocycles. The third kappa shape index (κ3) is 1.22. The van der Waals surface area contributed by atoms with Gasteiger partial charge in [0.25, 0.3) is 0 Å². The van der Waals surface area contributed by atoms with Gasteiger partial charge < -0.3 is 5.73 Å². The molecule has 0 saturated heterocycles. The number of anilines is 1. The van der Waals surface area contributed by atoms with Gasteiger partial charge in [-0.1, -0.05) is 0 Å². The van der Waals surface area contributed by atoms with Crippen LogP contribution in [0.15, 0.2) is 18.5 Å². The number of rotatable bonds is 1. The minimum Gasteiger partial charge on any atom is -0.396 e. The second-order valence-electron chi connectivity index (χ2n) is 2.57. The first kappa shape index (κ1) is 7.66. The van der Waals surface area contributed by atoms with Gasteiger partial charge in [0.05, 0.1) is 17.6 Å². The van der Waals surface area contributed by atoms with Gasteiger partial charge >= 0.3 is 0 Å².